The maximum absolute atomic E-state index is 11.0. The van der Waals surface area contributed by atoms with E-state index >= 15 is 0 Å². The van der Waals surface area contributed by atoms with E-state index in [0.29, 0.717) is 17.9 Å². The van der Waals surface area contributed by atoms with Crippen LogP contribution in [0.2, 0.25) is 0 Å². The summed E-state index contributed by atoms with van der Waals surface area (Å²) in [6.07, 6.45) is 1.51. The molecule has 0 unspecified atom stereocenters. The Morgan fingerprint density at radius 3 is 2.77 bits per heavy atom. The second kappa shape index (κ2) is 6.61. The van der Waals surface area contributed by atoms with Gasteiger partial charge >= 0.3 is 5.97 Å². The van der Waals surface area contributed by atoms with Gasteiger partial charge in [-0.05, 0) is 31.5 Å². The molecule has 1 saturated carbocycles. The summed E-state index contributed by atoms with van der Waals surface area (Å²) in [5.41, 5.74) is 6.55. The van der Waals surface area contributed by atoms with Crippen molar-refractivity contribution in [2.24, 2.45) is 0 Å². The average Bonchev–Trinajstić information content (AvgIpc) is 2.39. The van der Waals surface area contributed by atoms with E-state index in [4.69, 9.17) is 10.8 Å². The van der Waals surface area contributed by atoms with E-state index in [1.54, 1.807) is 6.07 Å². The van der Waals surface area contributed by atoms with Crippen LogP contribution in [0.1, 0.15) is 19.8 Å². The molecule has 0 bridgehead atoms. The van der Waals surface area contributed by atoms with Crippen LogP contribution in [0.25, 0.3) is 0 Å². The van der Waals surface area contributed by atoms with Gasteiger partial charge in [0.25, 0.3) is 5.69 Å². The van der Waals surface area contributed by atoms with Crippen molar-refractivity contribution < 1.29 is 14.8 Å². The van der Waals surface area contributed by atoms with E-state index < -0.39 is 10.9 Å². The molecule has 1 aromatic carbocycles. The molecule has 8 heteroatoms. The molecule has 1 aromatic rings. The second-order valence-electron chi connectivity index (χ2n) is 5.46. The van der Waals surface area contributed by atoms with E-state index in [2.05, 4.69) is 5.32 Å². The summed E-state index contributed by atoms with van der Waals surface area (Å²) in [6.45, 7) is 2.61. The summed E-state index contributed by atoms with van der Waals surface area (Å²) in [7, 11) is 0. The molecule has 22 heavy (non-hydrogen) atoms. The molecule has 0 saturated heterocycles. The third-order valence-electron chi connectivity index (χ3n) is 3.95. The number of carbonyl (C=O) groups is 1. The van der Waals surface area contributed by atoms with Crippen LogP contribution < -0.4 is 11.1 Å². The first kappa shape index (κ1) is 16.0. The molecule has 0 amide bonds. The van der Waals surface area contributed by atoms with Crippen LogP contribution in [0, 0.1) is 10.1 Å². The molecule has 1 aliphatic rings. The Labute approximate surface area is 128 Å². The van der Waals surface area contributed by atoms with Gasteiger partial charge in [-0.1, -0.05) is 6.92 Å². The van der Waals surface area contributed by atoms with Crippen LogP contribution in [0.4, 0.5) is 17.1 Å². The van der Waals surface area contributed by atoms with Crippen LogP contribution in [0.3, 0.4) is 0 Å². The molecule has 0 atom stereocenters. The number of benzene rings is 1. The summed E-state index contributed by atoms with van der Waals surface area (Å²) in [6, 6.07) is 4.72. The number of nitrogens with zero attached hydrogens (tertiary/aromatic N) is 2. The normalized spacial score (nSPS) is 20.5. The third-order valence-corrected chi connectivity index (χ3v) is 3.95. The highest BCUT2D eigenvalue weighted by atomic mass is 16.6. The first-order chi connectivity index (χ1) is 10.4. The molecule has 4 N–H and O–H groups in total. The molecule has 1 fully saturated rings. The van der Waals surface area contributed by atoms with Crippen LogP contribution in [0.5, 0.6) is 0 Å². The Morgan fingerprint density at radius 2 is 2.23 bits per heavy atom. The first-order valence-electron chi connectivity index (χ1n) is 7.17. The lowest BCUT2D eigenvalue weighted by molar-refractivity contribution is -0.384. The van der Waals surface area contributed by atoms with E-state index in [1.807, 2.05) is 11.8 Å². The minimum atomic E-state index is -0.843. The zero-order valence-electron chi connectivity index (χ0n) is 12.4. The molecule has 0 aromatic heterocycles. The molecule has 8 nitrogen and oxygen atoms in total. The quantitative estimate of drug-likeness (QED) is 0.396. The van der Waals surface area contributed by atoms with E-state index in [9.17, 15) is 14.9 Å². The van der Waals surface area contributed by atoms with E-state index in [-0.39, 0.29) is 24.3 Å². The van der Waals surface area contributed by atoms with Gasteiger partial charge in [-0.15, -0.1) is 0 Å². The molecular weight excluding hydrogens is 288 g/mol. The maximum Gasteiger partial charge on any atom is 0.317 e. The van der Waals surface area contributed by atoms with Gasteiger partial charge in [0.2, 0.25) is 0 Å². The van der Waals surface area contributed by atoms with Crippen molar-refractivity contribution in [2.45, 2.75) is 31.8 Å². The monoisotopic (exact) mass is 308 g/mol. The number of nitrogens with two attached hydrogens (primary N) is 1. The highest BCUT2D eigenvalue weighted by Gasteiger charge is 2.34. The molecule has 120 valence electrons. The van der Waals surface area contributed by atoms with Gasteiger partial charge in [0.15, 0.2) is 0 Å². The highest BCUT2D eigenvalue weighted by Crippen LogP contribution is 2.33. The Hall–Kier alpha value is -2.35. The Bertz CT molecular complexity index is 572. The van der Waals surface area contributed by atoms with Gasteiger partial charge in [0, 0.05) is 23.8 Å². The summed E-state index contributed by atoms with van der Waals surface area (Å²) in [5, 5.41) is 23.0. The molecule has 0 aliphatic heterocycles. The number of nitro groups is 1. The number of nitrogen functional groups attached to an aromatic ring is 1. The predicted octanol–water partition coefficient (Wildman–Crippen LogP) is 1.53. The summed E-state index contributed by atoms with van der Waals surface area (Å²) < 4.78 is 0. The lowest BCUT2D eigenvalue weighted by Gasteiger charge is -2.42. The SMILES string of the molecule is CCN(CC(=O)O)C1CC(Nc2cc(N)ccc2[N+](=O)[O-])C1. The largest absolute Gasteiger partial charge is 0.480 e. The minimum Gasteiger partial charge on any atom is -0.480 e. The number of hydrogen-bond acceptors (Lipinski definition) is 6. The standard InChI is InChI=1S/C14H20N4O4/c1-2-17(8-14(19)20)11-6-10(7-11)16-12-5-9(15)3-4-13(12)18(21)22/h3-5,10-11,16H,2,6-8,15H2,1H3,(H,19,20). The average molecular weight is 308 g/mol. The fourth-order valence-electron chi connectivity index (χ4n) is 2.73. The number of carboxylic acid groups (broad SMARTS) is 1. The van der Waals surface area contributed by atoms with Crippen LogP contribution in [-0.2, 0) is 4.79 Å². The minimum absolute atomic E-state index is 0.00414. The van der Waals surface area contributed by atoms with Gasteiger partial charge in [-0.3, -0.25) is 19.8 Å². The third kappa shape index (κ3) is 3.64. The Morgan fingerprint density at radius 1 is 1.55 bits per heavy atom. The lowest BCUT2D eigenvalue weighted by Crippen LogP contribution is -2.51. The molecule has 0 spiro atoms. The zero-order valence-corrected chi connectivity index (χ0v) is 12.4. The lowest BCUT2D eigenvalue weighted by atomic mass is 9.85. The van der Waals surface area contributed by atoms with Crippen molar-refractivity contribution in [3.8, 4) is 0 Å². The predicted molar refractivity (Wildman–Crippen MR) is 82.8 cm³/mol. The van der Waals surface area contributed by atoms with E-state index in [0.717, 1.165) is 12.8 Å². The summed E-state index contributed by atoms with van der Waals surface area (Å²) in [5.74, 6) is -0.843. The number of hydrogen-bond donors (Lipinski definition) is 3. The highest BCUT2D eigenvalue weighted by molar-refractivity contribution is 5.69. The van der Waals surface area contributed by atoms with Crippen molar-refractivity contribution >= 4 is 23.0 Å². The van der Waals surface area contributed by atoms with Gasteiger partial charge < -0.3 is 16.2 Å². The topological polar surface area (TPSA) is 122 Å². The number of likely N-dealkylation sites (N-methyl/N-ethyl adjacent to an activating group) is 1. The van der Waals surface area contributed by atoms with Crippen LogP contribution >= 0.6 is 0 Å². The number of nitro benzene ring substituents is 1. The molecule has 2 rings (SSSR count). The molecule has 1 aliphatic carbocycles. The molecular formula is C14H20N4O4. The summed E-state index contributed by atoms with van der Waals surface area (Å²) >= 11 is 0. The smallest absolute Gasteiger partial charge is 0.317 e. The van der Waals surface area contributed by atoms with E-state index in [1.165, 1.54) is 12.1 Å². The van der Waals surface area contributed by atoms with Gasteiger partial charge in [-0.2, -0.15) is 0 Å². The van der Waals surface area contributed by atoms with Crippen molar-refractivity contribution in [3.63, 3.8) is 0 Å². The Kier molecular flexibility index (Phi) is 4.81. The van der Waals surface area contributed by atoms with Crippen molar-refractivity contribution in [3.05, 3.63) is 28.3 Å². The Balaban J connectivity index is 1.96. The van der Waals surface area contributed by atoms with Gasteiger partial charge in [-0.25, -0.2) is 0 Å². The second-order valence-corrected chi connectivity index (χ2v) is 5.46. The fraction of sp³-hybridized carbons (Fsp3) is 0.500. The van der Waals surface area contributed by atoms with Crippen molar-refractivity contribution in [2.75, 3.05) is 24.1 Å². The number of rotatable bonds is 7. The number of anilines is 2. The van der Waals surface area contributed by atoms with Gasteiger partial charge in [0.05, 0.1) is 11.5 Å². The van der Waals surface area contributed by atoms with Gasteiger partial charge in [0.1, 0.15) is 5.69 Å². The maximum atomic E-state index is 11.0. The number of carboxylic acids is 1. The molecule has 0 heterocycles. The number of aliphatic carboxylic acids is 1. The zero-order chi connectivity index (χ0) is 16.3. The van der Waals surface area contributed by atoms with Crippen LogP contribution in [0.15, 0.2) is 18.2 Å². The van der Waals surface area contributed by atoms with Crippen molar-refractivity contribution in [1.29, 1.82) is 0 Å². The fourth-order valence-corrected chi connectivity index (χ4v) is 2.73. The summed E-state index contributed by atoms with van der Waals surface area (Å²) in [4.78, 5) is 23.3. The molecule has 0 radical (unpaired) electrons. The van der Waals surface area contributed by atoms with Crippen molar-refractivity contribution in [1.82, 2.24) is 4.90 Å². The first-order valence-corrected chi connectivity index (χ1v) is 7.17. The van der Waals surface area contributed by atoms with Crippen LogP contribution in [-0.4, -0.2) is 46.1 Å². The number of nitrogens with one attached hydrogen (secondary N) is 1.